The predicted octanol–water partition coefficient (Wildman–Crippen LogP) is 1.47. The molecule has 0 saturated carbocycles. The third-order valence-electron chi connectivity index (χ3n) is 2.91. The smallest absolute Gasteiger partial charge is 0.288 e. The van der Waals surface area contributed by atoms with Crippen LogP contribution < -0.4 is 0 Å². The van der Waals surface area contributed by atoms with Crippen LogP contribution in [0.1, 0.15) is 20.7 Å². The summed E-state index contributed by atoms with van der Waals surface area (Å²) in [5.74, 6) is -5.27. The van der Waals surface area contributed by atoms with Crippen LogP contribution in [-0.2, 0) is 4.74 Å². The van der Waals surface area contributed by atoms with E-state index in [1.54, 1.807) is 0 Å². The van der Waals surface area contributed by atoms with Gasteiger partial charge in [-0.2, -0.15) is 0 Å². The first-order valence-electron chi connectivity index (χ1n) is 5.78. The van der Waals surface area contributed by atoms with Crippen LogP contribution in [0.5, 0.6) is 0 Å². The molecule has 0 aromatic heterocycles. The summed E-state index contributed by atoms with van der Waals surface area (Å²) in [5, 5.41) is 10.6. The van der Waals surface area contributed by atoms with Crippen LogP contribution in [0.2, 0.25) is 0 Å². The number of methoxy groups -OCH3 is 1. The van der Waals surface area contributed by atoms with Gasteiger partial charge in [-0.15, -0.1) is 0 Å². The Labute approximate surface area is 117 Å². The van der Waals surface area contributed by atoms with Crippen molar-refractivity contribution in [3.8, 4) is 0 Å². The van der Waals surface area contributed by atoms with Crippen LogP contribution in [0.4, 0.5) is 14.5 Å². The molecule has 0 atom stereocenters. The minimum atomic E-state index is -3.39. The number of benzene rings is 1. The van der Waals surface area contributed by atoms with E-state index in [0.29, 0.717) is 4.90 Å². The molecular formula is C12H10F2N2O5. The quantitative estimate of drug-likeness (QED) is 0.466. The van der Waals surface area contributed by atoms with Crippen molar-refractivity contribution in [2.75, 3.05) is 20.3 Å². The minimum Gasteiger partial charge on any atom is -0.378 e. The van der Waals surface area contributed by atoms with E-state index in [-0.39, 0.29) is 16.8 Å². The normalized spacial score (nSPS) is 14.5. The van der Waals surface area contributed by atoms with Gasteiger partial charge in [0.25, 0.3) is 23.4 Å². The number of hydrogen-bond acceptors (Lipinski definition) is 5. The van der Waals surface area contributed by atoms with Crippen LogP contribution in [0, 0.1) is 10.1 Å². The maximum Gasteiger partial charge on any atom is 0.288 e. The highest BCUT2D eigenvalue weighted by Crippen LogP contribution is 2.29. The fourth-order valence-corrected chi connectivity index (χ4v) is 2.02. The summed E-state index contributed by atoms with van der Waals surface area (Å²) in [4.78, 5) is 34.2. The van der Waals surface area contributed by atoms with Gasteiger partial charge >= 0.3 is 0 Å². The van der Waals surface area contributed by atoms with Crippen LogP contribution in [-0.4, -0.2) is 47.8 Å². The number of carbonyl (C=O) groups is 2. The number of rotatable bonds is 5. The van der Waals surface area contributed by atoms with Crippen molar-refractivity contribution in [1.29, 1.82) is 0 Å². The van der Waals surface area contributed by atoms with Crippen molar-refractivity contribution in [2.24, 2.45) is 0 Å². The second-order valence-corrected chi connectivity index (χ2v) is 4.47. The fraction of sp³-hybridized carbons (Fsp3) is 0.333. The molecule has 0 radical (unpaired) electrons. The second kappa shape index (κ2) is 5.17. The van der Waals surface area contributed by atoms with E-state index >= 15 is 0 Å². The van der Waals surface area contributed by atoms with Crippen molar-refractivity contribution in [2.45, 2.75) is 5.92 Å². The summed E-state index contributed by atoms with van der Waals surface area (Å²) in [6.45, 7) is -2.08. The highest BCUT2D eigenvalue weighted by molar-refractivity contribution is 6.21. The third kappa shape index (κ3) is 2.72. The van der Waals surface area contributed by atoms with Crippen molar-refractivity contribution in [1.82, 2.24) is 4.90 Å². The molecule has 112 valence electrons. The lowest BCUT2D eigenvalue weighted by Gasteiger charge is -2.21. The molecule has 9 heteroatoms. The van der Waals surface area contributed by atoms with E-state index in [1.807, 2.05) is 0 Å². The van der Waals surface area contributed by atoms with Gasteiger partial charge in [-0.05, 0) is 6.07 Å². The number of hydrogen-bond donors (Lipinski definition) is 0. The fourth-order valence-electron chi connectivity index (χ4n) is 2.02. The summed E-state index contributed by atoms with van der Waals surface area (Å²) in [6.07, 6.45) is 0. The minimum absolute atomic E-state index is 0.126. The first-order chi connectivity index (χ1) is 9.76. The molecule has 0 N–H and O–H groups in total. The summed E-state index contributed by atoms with van der Waals surface area (Å²) < 4.78 is 31.3. The number of ether oxygens (including phenoxy) is 1. The van der Waals surface area contributed by atoms with E-state index in [1.165, 1.54) is 0 Å². The molecule has 0 unspecified atom stereocenters. The van der Waals surface area contributed by atoms with E-state index in [9.17, 15) is 28.5 Å². The molecule has 2 rings (SSSR count). The van der Waals surface area contributed by atoms with Crippen LogP contribution >= 0.6 is 0 Å². The number of non-ortho nitro benzene ring substituents is 1. The van der Waals surface area contributed by atoms with Gasteiger partial charge in [-0.3, -0.25) is 24.6 Å². The van der Waals surface area contributed by atoms with Crippen molar-refractivity contribution in [3.63, 3.8) is 0 Å². The summed E-state index contributed by atoms with van der Waals surface area (Å²) >= 11 is 0. The number of halogens is 2. The Hall–Kier alpha value is -2.42. The molecule has 0 aliphatic carbocycles. The standard InChI is InChI=1S/C12H10F2N2O5/c1-21-6-12(13,14)5-15-10(17)8-3-2-7(16(19)20)4-9(8)11(15)18/h2-4H,5-6H2,1H3. The average Bonchev–Trinajstić information content (AvgIpc) is 2.63. The largest absolute Gasteiger partial charge is 0.378 e. The summed E-state index contributed by atoms with van der Waals surface area (Å²) in [6, 6.07) is 3.03. The first kappa shape index (κ1) is 15.0. The molecular weight excluding hydrogens is 290 g/mol. The van der Waals surface area contributed by atoms with Gasteiger partial charge in [0.05, 0.1) is 22.6 Å². The summed E-state index contributed by atoms with van der Waals surface area (Å²) in [5.41, 5.74) is -0.762. The molecule has 1 aliphatic heterocycles. The van der Waals surface area contributed by atoms with Gasteiger partial charge in [0.15, 0.2) is 0 Å². The van der Waals surface area contributed by atoms with E-state index in [2.05, 4.69) is 4.74 Å². The van der Waals surface area contributed by atoms with Gasteiger partial charge < -0.3 is 4.74 Å². The van der Waals surface area contributed by atoms with Crippen molar-refractivity contribution >= 4 is 17.5 Å². The topological polar surface area (TPSA) is 89.8 Å². The lowest BCUT2D eigenvalue weighted by Crippen LogP contribution is -2.42. The number of nitrogens with zero attached hydrogens (tertiary/aromatic N) is 2. The molecule has 1 aliphatic rings. The monoisotopic (exact) mass is 300 g/mol. The number of carbonyl (C=O) groups excluding carboxylic acids is 2. The third-order valence-corrected chi connectivity index (χ3v) is 2.91. The van der Waals surface area contributed by atoms with Crippen LogP contribution in [0.3, 0.4) is 0 Å². The molecule has 1 aromatic rings. The zero-order chi connectivity index (χ0) is 15.8. The molecule has 1 aromatic carbocycles. The Morgan fingerprint density at radius 2 is 1.90 bits per heavy atom. The molecule has 1 heterocycles. The molecule has 21 heavy (non-hydrogen) atoms. The molecule has 0 spiro atoms. The number of imide groups is 1. The van der Waals surface area contributed by atoms with Gasteiger partial charge in [0, 0.05) is 19.2 Å². The zero-order valence-electron chi connectivity index (χ0n) is 10.8. The zero-order valence-corrected chi connectivity index (χ0v) is 10.8. The summed E-state index contributed by atoms with van der Waals surface area (Å²) in [7, 11) is 1.07. The van der Waals surface area contributed by atoms with Crippen LogP contribution in [0.25, 0.3) is 0 Å². The van der Waals surface area contributed by atoms with Gasteiger partial charge in [0.2, 0.25) is 0 Å². The molecule has 0 bridgehead atoms. The molecule has 2 amide bonds. The Morgan fingerprint density at radius 3 is 2.48 bits per heavy atom. The molecule has 7 nitrogen and oxygen atoms in total. The SMILES string of the molecule is COCC(F)(F)CN1C(=O)c2ccc([N+](=O)[O-])cc2C1=O. The molecule has 0 saturated heterocycles. The number of amides is 2. The maximum atomic E-state index is 13.5. The number of nitro groups is 1. The Morgan fingerprint density at radius 1 is 1.29 bits per heavy atom. The lowest BCUT2D eigenvalue weighted by atomic mass is 10.1. The van der Waals surface area contributed by atoms with E-state index in [4.69, 9.17) is 0 Å². The number of nitro benzene ring substituents is 1. The van der Waals surface area contributed by atoms with Crippen LogP contribution in [0.15, 0.2) is 18.2 Å². The van der Waals surface area contributed by atoms with E-state index in [0.717, 1.165) is 25.3 Å². The highest BCUT2D eigenvalue weighted by atomic mass is 19.3. The van der Waals surface area contributed by atoms with Crippen molar-refractivity contribution < 1.29 is 28.0 Å². The second-order valence-electron chi connectivity index (χ2n) is 4.47. The first-order valence-corrected chi connectivity index (χ1v) is 5.78. The highest BCUT2D eigenvalue weighted by Gasteiger charge is 2.43. The lowest BCUT2D eigenvalue weighted by molar-refractivity contribution is -0.384. The van der Waals surface area contributed by atoms with Gasteiger partial charge in [0.1, 0.15) is 6.61 Å². The Kier molecular flexibility index (Phi) is 3.69. The van der Waals surface area contributed by atoms with E-state index < -0.39 is 35.8 Å². The Balaban J connectivity index is 2.32. The molecule has 0 fully saturated rings. The average molecular weight is 300 g/mol. The number of alkyl halides is 2. The predicted molar refractivity (Wildman–Crippen MR) is 65.3 cm³/mol. The maximum absolute atomic E-state index is 13.5. The van der Waals surface area contributed by atoms with Crippen molar-refractivity contribution in [3.05, 3.63) is 39.4 Å². The Bertz CT molecular complexity index is 632. The van der Waals surface area contributed by atoms with Gasteiger partial charge in [-0.1, -0.05) is 0 Å². The van der Waals surface area contributed by atoms with Gasteiger partial charge in [-0.25, -0.2) is 8.78 Å². The number of fused-ring (bicyclic) bond motifs is 1.